The summed E-state index contributed by atoms with van der Waals surface area (Å²) in [7, 11) is 0. The summed E-state index contributed by atoms with van der Waals surface area (Å²) in [6.45, 7) is 1.46. The molecule has 3 heteroatoms. The molecule has 2 heterocycles. The number of aromatic nitrogens is 1. The summed E-state index contributed by atoms with van der Waals surface area (Å²) in [5.41, 5.74) is 1.10. The molecule has 1 saturated heterocycles. The van der Waals surface area contributed by atoms with Gasteiger partial charge in [-0.05, 0) is 18.6 Å². The van der Waals surface area contributed by atoms with E-state index in [1.807, 2.05) is 24.4 Å². The van der Waals surface area contributed by atoms with Crippen molar-refractivity contribution in [3.63, 3.8) is 0 Å². The minimum absolute atomic E-state index is 0.0120. The van der Waals surface area contributed by atoms with Crippen molar-refractivity contribution < 1.29 is 9.47 Å². The van der Waals surface area contributed by atoms with Crippen molar-refractivity contribution in [2.24, 2.45) is 0 Å². The molecule has 1 aromatic heterocycles. The van der Waals surface area contributed by atoms with Crippen LogP contribution in [0.1, 0.15) is 12.1 Å². The molecule has 1 aromatic rings. The molecule has 0 aromatic carbocycles. The van der Waals surface area contributed by atoms with Gasteiger partial charge in [0.15, 0.2) is 6.29 Å². The summed E-state index contributed by atoms with van der Waals surface area (Å²) in [5, 5.41) is 0. The second-order valence-electron chi connectivity index (χ2n) is 3.03. The normalized spacial score (nSPS) is 17.8. The van der Waals surface area contributed by atoms with Crippen molar-refractivity contribution in [2.75, 3.05) is 13.2 Å². The number of ether oxygens (including phenoxy) is 2. The van der Waals surface area contributed by atoms with Gasteiger partial charge in [-0.3, -0.25) is 4.98 Å². The summed E-state index contributed by atoms with van der Waals surface area (Å²) in [5.74, 6) is 0. The summed E-state index contributed by atoms with van der Waals surface area (Å²) in [4.78, 5) is 4.23. The maximum Gasteiger partial charge on any atom is 0.158 e. The minimum atomic E-state index is -0.0120. The second kappa shape index (κ2) is 4.35. The van der Waals surface area contributed by atoms with Crippen LogP contribution in [0.5, 0.6) is 0 Å². The smallest absolute Gasteiger partial charge is 0.158 e. The van der Waals surface area contributed by atoms with Crippen LogP contribution < -0.4 is 0 Å². The van der Waals surface area contributed by atoms with Crippen molar-refractivity contribution in [1.29, 1.82) is 0 Å². The van der Waals surface area contributed by atoms with Gasteiger partial charge in [-0.2, -0.15) is 0 Å². The number of pyridine rings is 1. The Kier molecular flexibility index (Phi) is 2.90. The fourth-order valence-electron chi connectivity index (χ4n) is 1.39. The van der Waals surface area contributed by atoms with E-state index in [4.69, 9.17) is 9.47 Å². The van der Waals surface area contributed by atoms with Crippen molar-refractivity contribution in [3.05, 3.63) is 30.1 Å². The Bertz CT molecular complexity index is 244. The van der Waals surface area contributed by atoms with E-state index in [2.05, 4.69) is 4.98 Å². The molecule has 3 nitrogen and oxygen atoms in total. The Labute approximate surface area is 77.7 Å². The van der Waals surface area contributed by atoms with E-state index in [0.29, 0.717) is 0 Å². The molecule has 1 aliphatic rings. The standard InChI is InChI=1S/C10H13NO2/c1-2-6-11-9(3-1)4-5-10-12-7-8-13-10/h1-3,6,10H,4-5,7-8H2. The molecule has 1 aliphatic heterocycles. The highest BCUT2D eigenvalue weighted by Crippen LogP contribution is 2.10. The van der Waals surface area contributed by atoms with Crippen LogP contribution in [-0.4, -0.2) is 24.5 Å². The van der Waals surface area contributed by atoms with Gasteiger partial charge in [-0.1, -0.05) is 6.07 Å². The highest BCUT2D eigenvalue weighted by atomic mass is 16.7. The number of hydrogen-bond acceptors (Lipinski definition) is 3. The predicted molar refractivity (Wildman–Crippen MR) is 48.3 cm³/mol. The fraction of sp³-hybridized carbons (Fsp3) is 0.500. The first-order valence-corrected chi connectivity index (χ1v) is 4.58. The van der Waals surface area contributed by atoms with Crippen LogP contribution in [0.25, 0.3) is 0 Å². The van der Waals surface area contributed by atoms with Crippen LogP contribution in [0.2, 0.25) is 0 Å². The SMILES string of the molecule is c1ccc(CCC2OCCO2)nc1. The first kappa shape index (κ1) is 8.66. The third kappa shape index (κ3) is 2.50. The van der Waals surface area contributed by atoms with E-state index >= 15 is 0 Å². The van der Waals surface area contributed by atoms with E-state index in [1.54, 1.807) is 0 Å². The molecular formula is C10H13NO2. The fourth-order valence-corrected chi connectivity index (χ4v) is 1.39. The number of rotatable bonds is 3. The molecule has 0 atom stereocenters. The molecule has 70 valence electrons. The van der Waals surface area contributed by atoms with Gasteiger partial charge in [0.2, 0.25) is 0 Å². The van der Waals surface area contributed by atoms with Gasteiger partial charge in [0.25, 0.3) is 0 Å². The number of nitrogens with zero attached hydrogens (tertiary/aromatic N) is 1. The van der Waals surface area contributed by atoms with Crippen LogP contribution in [0.3, 0.4) is 0 Å². The molecule has 0 aliphatic carbocycles. The van der Waals surface area contributed by atoms with Gasteiger partial charge >= 0.3 is 0 Å². The predicted octanol–water partition coefficient (Wildman–Crippen LogP) is 1.39. The molecule has 0 amide bonds. The zero-order chi connectivity index (χ0) is 8.93. The average Bonchev–Trinajstić information content (AvgIpc) is 2.69. The zero-order valence-corrected chi connectivity index (χ0v) is 7.48. The monoisotopic (exact) mass is 179 g/mol. The van der Waals surface area contributed by atoms with Crippen molar-refractivity contribution in [3.8, 4) is 0 Å². The van der Waals surface area contributed by atoms with Gasteiger partial charge < -0.3 is 9.47 Å². The first-order valence-electron chi connectivity index (χ1n) is 4.58. The van der Waals surface area contributed by atoms with Crippen LogP contribution >= 0.6 is 0 Å². The molecule has 13 heavy (non-hydrogen) atoms. The van der Waals surface area contributed by atoms with Gasteiger partial charge in [-0.25, -0.2) is 0 Å². The lowest BCUT2D eigenvalue weighted by atomic mass is 10.2. The van der Waals surface area contributed by atoms with Crippen LogP contribution in [0.4, 0.5) is 0 Å². The largest absolute Gasteiger partial charge is 0.350 e. The molecule has 0 spiro atoms. The highest BCUT2D eigenvalue weighted by molar-refractivity contribution is 5.03. The highest BCUT2D eigenvalue weighted by Gasteiger charge is 2.15. The van der Waals surface area contributed by atoms with E-state index in [0.717, 1.165) is 31.7 Å². The van der Waals surface area contributed by atoms with E-state index in [-0.39, 0.29) is 6.29 Å². The third-order valence-corrected chi connectivity index (χ3v) is 2.05. The van der Waals surface area contributed by atoms with E-state index < -0.39 is 0 Å². The van der Waals surface area contributed by atoms with Crippen LogP contribution in [-0.2, 0) is 15.9 Å². The van der Waals surface area contributed by atoms with Gasteiger partial charge in [0, 0.05) is 18.3 Å². The lowest BCUT2D eigenvalue weighted by Crippen LogP contribution is -2.08. The van der Waals surface area contributed by atoms with E-state index in [9.17, 15) is 0 Å². The quantitative estimate of drug-likeness (QED) is 0.702. The zero-order valence-electron chi connectivity index (χ0n) is 7.48. The van der Waals surface area contributed by atoms with Gasteiger partial charge in [-0.15, -0.1) is 0 Å². The van der Waals surface area contributed by atoms with Gasteiger partial charge in [0.1, 0.15) is 0 Å². The average molecular weight is 179 g/mol. The van der Waals surface area contributed by atoms with Crippen molar-refractivity contribution in [2.45, 2.75) is 19.1 Å². The molecule has 0 bridgehead atoms. The van der Waals surface area contributed by atoms with Crippen molar-refractivity contribution in [1.82, 2.24) is 4.98 Å². The molecule has 0 N–H and O–H groups in total. The lowest BCUT2D eigenvalue weighted by molar-refractivity contribution is -0.0463. The maximum absolute atomic E-state index is 5.32. The Morgan fingerprint density at radius 3 is 2.85 bits per heavy atom. The summed E-state index contributed by atoms with van der Waals surface area (Å²) >= 11 is 0. The molecule has 0 unspecified atom stereocenters. The number of aryl methyl sites for hydroxylation is 1. The Hall–Kier alpha value is -0.930. The first-order chi connectivity index (χ1) is 6.45. The Morgan fingerprint density at radius 1 is 1.31 bits per heavy atom. The Morgan fingerprint density at radius 2 is 2.15 bits per heavy atom. The van der Waals surface area contributed by atoms with Crippen LogP contribution in [0, 0.1) is 0 Å². The summed E-state index contributed by atoms with van der Waals surface area (Å²) in [6.07, 6.45) is 3.62. The van der Waals surface area contributed by atoms with E-state index in [1.165, 1.54) is 0 Å². The molecule has 2 rings (SSSR count). The molecule has 0 saturated carbocycles. The summed E-state index contributed by atoms with van der Waals surface area (Å²) < 4.78 is 10.6. The minimum Gasteiger partial charge on any atom is -0.350 e. The molecule has 0 radical (unpaired) electrons. The number of hydrogen-bond donors (Lipinski definition) is 0. The lowest BCUT2D eigenvalue weighted by Gasteiger charge is -2.07. The molecular weight excluding hydrogens is 166 g/mol. The van der Waals surface area contributed by atoms with Crippen LogP contribution in [0.15, 0.2) is 24.4 Å². The summed E-state index contributed by atoms with van der Waals surface area (Å²) in [6, 6.07) is 5.94. The third-order valence-electron chi connectivity index (χ3n) is 2.05. The molecule has 1 fully saturated rings. The van der Waals surface area contributed by atoms with Gasteiger partial charge in [0.05, 0.1) is 13.2 Å². The van der Waals surface area contributed by atoms with Crippen molar-refractivity contribution >= 4 is 0 Å². The topological polar surface area (TPSA) is 31.4 Å². The maximum atomic E-state index is 5.32. The Balaban J connectivity index is 1.79. The second-order valence-corrected chi connectivity index (χ2v) is 3.03.